The molecule has 0 aliphatic carbocycles. The van der Waals surface area contributed by atoms with Crippen molar-refractivity contribution in [3.63, 3.8) is 0 Å². The lowest BCUT2D eigenvalue weighted by Gasteiger charge is -2.07. The number of hydrogen-bond acceptors (Lipinski definition) is 8. The van der Waals surface area contributed by atoms with E-state index in [9.17, 15) is 14.4 Å². The van der Waals surface area contributed by atoms with Crippen molar-refractivity contribution < 1.29 is 14.3 Å². The maximum absolute atomic E-state index is 12.5. The van der Waals surface area contributed by atoms with Gasteiger partial charge in [-0.1, -0.05) is 20.4 Å². The normalized spacial score (nSPS) is 10.7. The fourth-order valence-electron chi connectivity index (χ4n) is 2.31. The number of aryl methyl sites for hydroxylation is 1. The number of carbonyl (C=O) groups is 2. The standard InChI is InChI=1S/C16H14BrN5O4S/c1-2-26-16(25)13-14(27-21-20-13)19-12(23)5-6-22-8-18-11-4-3-9(17)7-10(11)15(22)24/h3-4,7-8H,2,5-6H2,1H3,(H,19,23). The second-order valence-corrected chi connectivity index (χ2v) is 7.04. The van der Waals surface area contributed by atoms with Gasteiger partial charge in [0.1, 0.15) is 0 Å². The molecule has 0 spiro atoms. The molecule has 0 aliphatic rings. The summed E-state index contributed by atoms with van der Waals surface area (Å²) in [6.07, 6.45) is 1.42. The van der Waals surface area contributed by atoms with Crippen molar-refractivity contribution in [1.82, 2.24) is 19.1 Å². The zero-order valence-corrected chi connectivity index (χ0v) is 16.5. The van der Waals surface area contributed by atoms with E-state index < -0.39 is 5.97 Å². The van der Waals surface area contributed by atoms with Gasteiger partial charge in [-0.2, -0.15) is 0 Å². The first-order chi connectivity index (χ1) is 13.0. The van der Waals surface area contributed by atoms with Crippen molar-refractivity contribution in [2.24, 2.45) is 0 Å². The number of anilines is 1. The molecule has 0 fully saturated rings. The van der Waals surface area contributed by atoms with Crippen LogP contribution in [0, 0.1) is 0 Å². The second-order valence-electron chi connectivity index (χ2n) is 5.37. The quantitative estimate of drug-likeness (QED) is 0.570. The van der Waals surface area contributed by atoms with Gasteiger partial charge < -0.3 is 10.1 Å². The highest BCUT2D eigenvalue weighted by Gasteiger charge is 2.19. The minimum absolute atomic E-state index is 0.0151. The van der Waals surface area contributed by atoms with E-state index in [-0.39, 0.29) is 41.7 Å². The van der Waals surface area contributed by atoms with Crippen LogP contribution in [-0.4, -0.2) is 37.6 Å². The third-order valence-corrected chi connectivity index (χ3v) is 4.71. The molecule has 0 bridgehead atoms. The Balaban J connectivity index is 1.69. The number of ether oxygens (including phenoxy) is 1. The van der Waals surface area contributed by atoms with Crippen LogP contribution >= 0.6 is 27.5 Å². The van der Waals surface area contributed by atoms with Crippen LogP contribution in [0.5, 0.6) is 0 Å². The molecule has 3 aromatic rings. The maximum Gasteiger partial charge on any atom is 0.362 e. The highest BCUT2D eigenvalue weighted by Crippen LogP contribution is 2.19. The van der Waals surface area contributed by atoms with Gasteiger partial charge in [0.25, 0.3) is 5.56 Å². The maximum atomic E-state index is 12.5. The van der Waals surface area contributed by atoms with Crippen molar-refractivity contribution in [3.05, 3.63) is 45.0 Å². The average Bonchev–Trinajstić information content (AvgIpc) is 3.10. The van der Waals surface area contributed by atoms with E-state index in [1.807, 2.05) is 0 Å². The summed E-state index contributed by atoms with van der Waals surface area (Å²) >= 11 is 4.21. The lowest BCUT2D eigenvalue weighted by molar-refractivity contribution is -0.116. The van der Waals surface area contributed by atoms with E-state index in [0.29, 0.717) is 10.9 Å². The van der Waals surface area contributed by atoms with Crippen LogP contribution in [0.3, 0.4) is 0 Å². The van der Waals surface area contributed by atoms with E-state index in [1.54, 1.807) is 25.1 Å². The van der Waals surface area contributed by atoms with Gasteiger partial charge in [-0.25, -0.2) is 9.78 Å². The summed E-state index contributed by atoms with van der Waals surface area (Å²) in [5.41, 5.74) is 0.309. The predicted molar refractivity (Wildman–Crippen MR) is 103 cm³/mol. The minimum Gasteiger partial charge on any atom is -0.461 e. The van der Waals surface area contributed by atoms with Gasteiger partial charge in [-0.3, -0.25) is 14.2 Å². The van der Waals surface area contributed by atoms with Gasteiger partial charge in [0.2, 0.25) is 11.6 Å². The lowest BCUT2D eigenvalue weighted by Crippen LogP contribution is -2.24. The molecule has 9 nitrogen and oxygen atoms in total. The van der Waals surface area contributed by atoms with Crippen LogP contribution in [0.15, 0.2) is 33.8 Å². The summed E-state index contributed by atoms with van der Waals surface area (Å²) in [4.78, 5) is 40.7. The molecule has 140 valence electrons. The molecule has 0 atom stereocenters. The Labute approximate surface area is 165 Å². The van der Waals surface area contributed by atoms with E-state index in [2.05, 4.69) is 35.8 Å². The summed E-state index contributed by atoms with van der Waals surface area (Å²) in [5, 5.41) is 6.92. The van der Waals surface area contributed by atoms with Gasteiger partial charge in [0.15, 0.2) is 5.00 Å². The molecule has 0 radical (unpaired) electrons. The molecule has 0 aliphatic heterocycles. The number of fused-ring (bicyclic) bond motifs is 1. The number of aromatic nitrogens is 4. The topological polar surface area (TPSA) is 116 Å². The Morgan fingerprint density at radius 2 is 2.19 bits per heavy atom. The average molecular weight is 452 g/mol. The summed E-state index contributed by atoms with van der Waals surface area (Å²) < 4.78 is 10.7. The Morgan fingerprint density at radius 1 is 1.37 bits per heavy atom. The number of halogens is 1. The van der Waals surface area contributed by atoms with Crippen molar-refractivity contribution in [3.8, 4) is 0 Å². The number of rotatable bonds is 6. The van der Waals surface area contributed by atoms with Gasteiger partial charge in [0, 0.05) is 29.0 Å². The monoisotopic (exact) mass is 451 g/mol. The first-order valence-corrected chi connectivity index (χ1v) is 9.50. The van der Waals surface area contributed by atoms with Gasteiger partial charge in [-0.05, 0) is 25.1 Å². The molecule has 0 saturated heterocycles. The first kappa shape index (κ1) is 19.1. The van der Waals surface area contributed by atoms with Crippen molar-refractivity contribution in [2.45, 2.75) is 19.9 Å². The highest BCUT2D eigenvalue weighted by atomic mass is 79.9. The minimum atomic E-state index is -0.651. The zero-order chi connectivity index (χ0) is 19.4. The smallest absolute Gasteiger partial charge is 0.362 e. The second kappa shape index (κ2) is 8.35. The van der Waals surface area contributed by atoms with E-state index in [4.69, 9.17) is 4.74 Å². The van der Waals surface area contributed by atoms with Gasteiger partial charge in [-0.15, -0.1) is 5.10 Å². The number of nitrogens with zero attached hydrogens (tertiary/aromatic N) is 4. The Morgan fingerprint density at radius 3 is 2.96 bits per heavy atom. The van der Waals surface area contributed by atoms with Gasteiger partial charge >= 0.3 is 5.97 Å². The van der Waals surface area contributed by atoms with Crippen molar-refractivity contribution in [2.75, 3.05) is 11.9 Å². The van der Waals surface area contributed by atoms with Gasteiger partial charge in [0.05, 0.1) is 23.8 Å². The largest absolute Gasteiger partial charge is 0.461 e. The first-order valence-electron chi connectivity index (χ1n) is 7.93. The molecule has 2 aromatic heterocycles. The van der Waals surface area contributed by atoms with Crippen molar-refractivity contribution in [1.29, 1.82) is 0 Å². The summed E-state index contributed by atoms with van der Waals surface area (Å²) in [6.45, 7) is 2.00. The van der Waals surface area contributed by atoms with E-state index >= 15 is 0 Å². The fraction of sp³-hybridized carbons (Fsp3) is 0.250. The fourth-order valence-corrected chi connectivity index (χ4v) is 3.24. The van der Waals surface area contributed by atoms with Crippen LogP contribution in [0.4, 0.5) is 5.00 Å². The highest BCUT2D eigenvalue weighted by molar-refractivity contribution is 9.10. The van der Waals surface area contributed by atoms with Crippen LogP contribution in [-0.2, 0) is 16.1 Å². The summed E-state index contributed by atoms with van der Waals surface area (Å²) in [6, 6.07) is 5.23. The Hall–Kier alpha value is -2.66. The predicted octanol–water partition coefficient (Wildman–Crippen LogP) is 2.22. The number of esters is 1. The van der Waals surface area contributed by atoms with Crippen LogP contribution in [0.1, 0.15) is 23.8 Å². The third-order valence-electron chi connectivity index (χ3n) is 3.58. The number of nitrogens with one attached hydrogen (secondary N) is 1. The number of hydrogen-bond donors (Lipinski definition) is 1. The SMILES string of the molecule is CCOC(=O)c1nnsc1NC(=O)CCn1cnc2ccc(Br)cc2c1=O. The van der Waals surface area contributed by atoms with Crippen LogP contribution < -0.4 is 10.9 Å². The molecule has 1 amide bonds. The molecule has 2 heterocycles. The number of amides is 1. The van der Waals surface area contributed by atoms with E-state index in [1.165, 1.54) is 10.9 Å². The molecular formula is C16H14BrN5O4S. The molecule has 1 aromatic carbocycles. The molecular weight excluding hydrogens is 438 g/mol. The lowest BCUT2D eigenvalue weighted by atomic mass is 10.2. The number of carbonyl (C=O) groups excluding carboxylic acids is 2. The van der Waals surface area contributed by atoms with E-state index in [0.717, 1.165) is 16.0 Å². The molecule has 3 rings (SSSR count). The molecule has 27 heavy (non-hydrogen) atoms. The molecule has 0 saturated carbocycles. The zero-order valence-electron chi connectivity index (χ0n) is 14.1. The number of benzene rings is 1. The third kappa shape index (κ3) is 4.37. The Kier molecular flexibility index (Phi) is 5.91. The summed E-state index contributed by atoms with van der Waals surface area (Å²) in [7, 11) is 0. The molecule has 11 heteroatoms. The molecule has 0 unspecified atom stereocenters. The molecule has 1 N–H and O–H groups in total. The Bertz CT molecular complexity index is 1060. The summed E-state index contributed by atoms with van der Waals surface area (Å²) in [5.74, 6) is -1.03. The van der Waals surface area contributed by atoms with Crippen molar-refractivity contribution >= 4 is 55.2 Å². The van der Waals surface area contributed by atoms with Crippen LogP contribution in [0.25, 0.3) is 10.9 Å². The van der Waals surface area contributed by atoms with Crippen LogP contribution in [0.2, 0.25) is 0 Å².